The molecule has 5 heteroatoms. The van der Waals surface area contributed by atoms with E-state index in [2.05, 4.69) is 5.32 Å². The Labute approximate surface area is 102 Å². The monoisotopic (exact) mass is 239 g/mol. The van der Waals surface area contributed by atoms with E-state index in [1.54, 1.807) is 0 Å². The number of nitrogens with one attached hydrogen (secondary N) is 1. The van der Waals surface area contributed by atoms with E-state index < -0.39 is 0 Å². The third kappa shape index (κ3) is 2.97. The quantitative estimate of drug-likeness (QED) is 0.704. The summed E-state index contributed by atoms with van der Waals surface area (Å²) in [5.74, 6) is -0.286. The number of rotatable bonds is 2. The standard InChI is InChI=1S/C12H21N3O2/c13-11(16)9-4-3-7-15(8-9)12(17)10-5-1-2-6-14-10/h9-10,14H,1-8H2,(H2,13,16)/t9?,10-/m0/s1. The molecule has 2 fully saturated rings. The molecule has 0 spiro atoms. The fraction of sp³-hybridized carbons (Fsp3) is 0.833. The van der Waals surface area contributed by atoms with Gasteiger partial charge in [0.05, 0.1) is 12.0 Å². The van der Waals surface area contributed by atoms with Crippen molar-refractivity contribution in [3.05, 3.63) is 0 Å². The summed E-state index contributed by atoms with van der Waals surface area (Å²) in [6.45, 7) is 2.19. The summed E-state index contributed by atoms with van der Waals surface area (Å²) in [7, 11) is 0. The van der Waals surface area contributed by atoms with Crippen LogP contribution in [0.1, 0.15) is 32.1 Å². The van der Waals surface area contributed by atoms with Crippen molar-refractivity contribution in [2.45, 2.75) is 38.1 Å². The summed E-state index contributed by atoms with van der Waals surface area (Å²) in [5, 5.41) is 3.25. The summed E-state index contributed by atoms with van der Waals surface area (Å²) < 4.78 is 0. The van der Waals surface area contributed by atoms with Crippen LogP contribution < -0.4 is 11.1 Å². The third-order valence-corrected chi connectivity index (χ3v) is 3.74. The van der Waals surface area contributed by atoms with Crippen LogP contribution >= 0.6 is 0 Å². The Morgan fingerprint density at radius 1 is 1.18 bits per heavy atom. The van der Waals surface area contributed by atoms with Gasteiger partial charge in [-0.05, 0) is 32.2 Å². The molecule has 17 heavy (non-hydrogen) atoms. The van der Waals surface area contributed by atoms with Gasteiger partial charge in [0.2, 0.25) is 11.8 Å². The molecule has 0 radical (unpaired) electrons. The summed E-state index contributed by atoms with van der Waals surface area (Å²) in [6, 6.07) is -0.0459. The number of hydrogen-bond donors (Lipinski definition) is 2. The lowest BCUT2D eigenvalue weighted by atomic mass is 9.96. The zero-order chi connectivity index (χ0) is 12.3. The van der Waals surface area contributed by atoms with E-state index in [0.717, 1.165) is 45.2 Å². The number of carbonyl (C=O) groups excluding carboxylic acids is 2. The Balaban J connectivity index is 1.91. The first-order valence-corrected chi connectivity index (χ1v) is 6.50. The Kier molecular flexibility index (Phi) is 3.99. The molecular formula is C12H21N3O2. The summed E-state index contributed by atoms with van der Waals surface area (Å²) in [5.41, 5.74) is 5.32. The minimum Gasteiger partial charge on any atom is -0.369 e. The van der Waals surface area contributed by atoms with Crippen molar-refractivity contribution in [1.29, 1.82) is 0 Å². The second-order valence-corrected chi connectivity index (χ2v) is 5.03. The van der Waals surface area contributed by atoms with Crippen LogP contribution in [-0.4, -0.2) is 42.4 Å². The van der Waals surface area contributed by atoms with Gasteiger partial charge in [0.15, 0.2) is 0 Å². The van der Waals surface area contributed by atoms with Crippen molar-refractivity contribution in [2.24, 2.45) is 11.7 Å². The first-order valence-electron chi connectivity index (χ1n) is 6.50. The van der Waals surface area contributed by atoms with E-state index in [-0.39, 0.29) is 23.8 Å². The van der Waals surface area contributed by atoms with Gasteiger partial charge in [-0.15, -0.1) is 0 Å². The van der Waals surface area contributed by atoms with Crippen LogP contribution in [0, 0.1) is 5.92 Å². The Hall–Kier alpha value is -1.10. The molecule has 0 aliphatic carbocycles. The van der Waals surface area contributed by atoms with E-state index in [4.69, 9.17) is 5.73 Å². The number of primary amides is 1. The molecule has 0 bridgehead atoms. The maximum absolute atomic E-state index is 12.2. The molecule has 2 heterocycles. The second kappa shape index (κ2) is 5.49. The molecule has 0 aromatic rings. The molecule has 2 aliphatic rings. The van der Waals surface area contributed by atoms with Crippen LogP contribution in [0.15, 0.2) is 0 Å². The molecule has 2 rings (SSSR count). The summed E-state index contributed by atoms with van der Waals surface area (Å²) >= 11 is 0. The summed E-state index contributed by atoms with van der Waals surface area (Å²) in [6.07, 6.45) is 4.87. The van der Waals surface area contributed by atoms with E-state index in [9.17, 15) is 9.59 Å². The average Bonchev–Trinajstić information content (AvgIpc) is 2.39. The Morgan fingerprint density at radius 3 is 2.65 bits per heavy atom. The predicted octanol–water partition coefficient (Wildman–Crippen LogP) is -0.148. The van der Waals surface area contributed by atoms with Crippen molar-refractivity contribution in [1.82, 2.24) is 10.2 Å². The van der Waals surface area contributed by atoms with E-state index in [1.165, 1.54) is 0 Å². The Bertz CT molecular complexity index is 300. The lowest BCUT2D eigenvalue weighted by Crippen LogP contribution is -2.52. The van der Waals surface area contributed by atoms with Gasteiger partial charge in [-0.3, -0.25) is 9.59 Å². The maximum atomic E-state index is 12.2. The number of nitrogens with zero attached hydrogens (tertiary/aromatic N) is 1. The Morgan fingerprint density at radius 2 is 2.00 bits per heavy atom. The molecule has 1 unspecified atom stereocenters. The van der Waals surface area contributed by atoms with Crippen LogP contribution in [0.3, 0.4) is 0 Å². The first-order chi connectivity index (χ1) is 8.18. The van der Waals surface area contributed by atoms with Crippen LogP contribution in [-0.2, 0) is 9.59 Å². The zero-order valence-corrected chi connectivity index (χ0v) is 10.2. The van der Waals surface area contributed by atoms with E-state index in [1.807, 2.05) is 4.90 Å². The molecule has 2 atom stereocenters. The van der Waals surface area contributed by atoms with Gasteiger partial charge in [-0.2, -0.15) is 0 Å². The number of carbonyl (C=O) groups is 2. The molecule has 0 aromatic heterocycles. The highest BCUT2D eigenvalue weighted by Crippen LogP contribution is 2.18. The van der Waals surface area contributed by atoms with Crippen molar-refractivity contribution in [2.75, 3.05) is 19.6 Å². The SMILES string of the molecule is NC(=O)C1CCCN(C(=O)[C@@H]2CCCCN2)C1. The highest BCUT2D eigenvalue weighted by molar-refractivity contribution is 5.83. The highest BCUT2D eigenvalue weighted by atomic mass is 16.2. The van der Waals surface area contributed by atoms with Crippen molar-refractivity contribution < 1.29 is 9.59 Å². The van der Waals surface area contributed by atoms with Crippen LogP contribution in [0.4, 0.5) is 0 Å². The van der Waals surface area contributed by atoms with Gasteiger partial charge in [0.1, 0.15) is 0 Å². The largest absolute Gasteiger partial charge is 0.369 e. The fourth-order valence-electron chi connectivity index (χ4n) is 2.69. The predicted molar refractivity (Wildman–Crippen MR) is 64.1 cm³/mol. The zero-order valence-electron chi connectivity index (χ0n) is 10.2. The van der Waals surface area contributed by atoms with Gasteiger partial charge in [0, 0.05) is 13.1 Å². The summed E-state index contributed by atoms with van der Waals surface area (Å²) in [4.78, 5) is 25.2. The third-order valence-electron chi connectivity index (χ3n) is 3.74. The number of hydrogen-bond acceptors (Lipinski definition) is 3. The molecule has 96 valence electrons. The minimum atomic E-state index is -0.279. The van der Waals surface area contributed by atoms with Crippen LogP contribution in [0.5, 0.6) is 0 Å². The van der Waals surface area contributed by atoms with Crippen molar-refractivity contribution in [3.63, 3.8) is 0 Å². The molecule has 2 saturated heterocycles. The number of nitrogens with two attached hydrogens (primary N) is 1. The molecule has 5 nitrogen and oxygen atoms in total. The minimum absolute atomic E-state index is 0.0459. The van der Waals surface area contributed by atoms with Gasteiger partial charge in [0.25, 0.3) is 0 Å². The lowest BCUT2D eigenvalue weighted by molar-refractivity contribution is -0.137. The topological polar surface area (TPSA) is 75.4 Å². The normalized spacial score (nSPS) is 30.0. The van der Waals surface area contributed by atoms with Gasteiger partial charge < -0.3 is 16.0 Å². The van der Waals surface area contributed by atoms with E-state index in [0.29, 0.717) is 6.54 Å². The number of amides is 2. The van der Waals surface area contributed by atoms with Gasteiger partial charge >= 0.3 is 0 Å². The number of likely N-dealkylation sites (tertiary alicyclic amines) is 1. The second-order valence-electron chi connectivity index (χ2n) is 5.03. The highest BCUT2D eigenvalue weighted by Gasteiger charge is 2.31. The molecule has 0 aromatic carbocycles. The number of piperidine rings is 2. The van der Waals surface area contributed by atoms with Crippen molar-refractivity contribution >= 4 is 11.8 Å². The average molecular weight is 239 g/mol. The maximum Gasteiger partial charge on any atom is 0.239 e. The van der Waals surface area contributed by atoms with E-state index >= 15 is 0 Å². The van der Waals surface area contributed by atoms with Gasteiger partial charge in [-0.1, -0.05) is 6.42 Å². The van der Waals surface area contributed by atoms with Crippen LogP contribution in [0.25, 0.3) is 0 Å². The molecule has 3 N–H and O–H groups in total. The van der Waals surface area contributed by atoms with Crippen LogP contribution in [0.2, 0.25) is 0 Å². The molecule has 2 aliphatic heterocycles. The fourth-order valence-corrected chi connectivity index (χ4v) is 2.69. The lowest BCUT2D eigenvalue weighted by Gasteiger charge is -2.35. The molecular weight excluding hydrogens is 218 g/mol. The van der Waals surface area contributed by atoms with Crippen molar-refractivity contribution in [3.8, 4) is 0 Å². The molecule has 2 amide bonds. The smallest absolute Gasteiger partial charge is 0.239 e. The van der Waals surface area contributed by atoms with Gasteiger partial charge in [-0.25, -0.2) is 0 Å². The first kappa shape index (κ1) is 12.4. The molecule has 0 saturated carbocycles.